The molecule has 1 atom stereocenters. The molecule has 1 heterocycles. The van der Waals surface area contributed by atoms with Crippen molar-refractivity contribution in [1.82, 2.24) is 4.90 Å². The second-order valence-electron chi connectivity index (χ2n) is 8.51. The fourth-order valence-corrected chi connectivity index (χ4v) is 3.36. The highest BCUT2D eigenvalue weighted by atomic mass is 16.5. The van der Waals surface area contributed by atoms with Gasteiger partial charge in [0.15, 0.2) is 6.10 Å². The number of imide groups is 1. The van der Waals surface area contributed by atoms with E-state index in [1.807, 2.05) is 12.1 Å². The lowest BCUT2D eigenvalue weighted by Gasteiger charge is -2.19. The largest absolute Gasteiger partial charge is 0.451 e. The van der Waals surface area contributed by atoms with Gasteiger partial charge in [0, 0.05) is 12.1 Å². The van der Waals surface area contributed by atoms with E-state index >= 15 is 0 Å². The summed E-state index contributed by atoms with van der Waals surface area (Å²) in [4.78, 5) is 51.0. The van der Waals surface area contributed by atoms with Crippen LogP contribution in [0.1, 0.15) is 74.7 Å². The van der Waals surface area contributed by atoms with Crippen molar-refractivity contribution in [2.45, 2.75) is 39.2 Å². The number of hydrogen-bond donors (Lipinski definition) is 0. The minimum atomic E-state index is -1.00. The van der Waals surface area contributed by atoms with Gasteiger partial charge >= 0.3 is 5.97 Å². The van der Waals surface area contributed by atoms with E-state index in [9.17, 15) is 19.2 Å². The van der Waals surface area contributed by atoms with Crippen molar-refractivity contribution in [3.8, 4) is 0 Å². The third-order valence-electron chi connectivity index (χ3n) is 5.21. The van der Waals surface area contributed by atoms with E-state index in [1.165, 1.54) is 31.2 Å². The Balaban J connectivity index is 1.73. The van der Waals surface area contributed by atoms with Crippen molar-refractivity contribution in [2.24, 2.45) is 0 Å². The molecule has 0 saturated carbocycles. The van der Waals surface area contributed by atoms with Gasteiger partial charge in [-0.05, 0) is 36.1 Å². The summed E-state index contributed by atoms with van der Waals surface area (Å²) in [5, 5.41) is 0. The zero-order valence-electron chi connectivity index (χ0n) is 18.1. The number of hydrogen-bond acceptors (Lipinski definition) is 5. The number of ketones is 1. The Morgan fingerprint density at radius 3 is 2.16 bits per heavy atom. The van der Waals surface area contributed by atoms with Gasteiger partial charge in [-0.1, -0.05) is 51.1 Å². The van der Waals surface area contributed by atoms with Crippen molar-refractivity contribution >= 4 is 23.6 Å². The summed E-state index contributed by atoms with van der Waals surface area (Å²) in [7, 11) is 0. The van der Waals surface area contributed by atoms with E-state index in [4.69, 9.17) is 4.74 Å². The van der Waals surface area contributed by atoms with Crippen molar-refractivity contribution in [1.29, 1.82) is 0 Å². The summed E-state index contributed by atoms with van der Waals surface area (Å²) in [5.74, 6) is -1.98. The van der Waals surface area contributed by atoms with Crippen LogP contribution in [-0.4, -0.2) is 41.1 Å². The van der Waals surface area contributed by atoms with Gasteiger partial charge in [0.1, 0.15) is 0 Å². The minimum absolute atomic E-state index is 0.0344. The number of esters is 1. The Labute approximate surface area is 181 Å². The third-order valence-corrected chi connectivity index (χ3v) is 5.21. The van der Waals surface area contributed by atoms with Gasteiger partial charge in [0.2, 0.25) is 5.78 Å². The topological polar surface area (TPSA) is 80.8 Å². The number of benzene rings is 2. The molecule has 2 aromatic carbocycles. The van der Waals surface area contributed by atoms with Crippen molar-refractivity contribution in [3.63, 3.8) is 0 Å². The van der Waals surface area contributed by atoms with Gasteiger partial charge < -0.3 is 4.74 Å². The first kappa shape index (κ1) is 22.2. The van der Waals surface area contributed by atoms with Gasteiger partial charge in [0.25, 0.3) is 11.8 Å². The lowest BCUT2D eigenvalue weighted by molar-refractivity contribution is 0.0318. The normalized spacial score (nSPS) is 14.3. The van der Waals surface area contributed by atoms with E-state index in [0.717, 1.165) is 10.5 Å². The van der Waals surface area contributed by atoms with Crippen LogP contribution in [0.15, 0.2) is 55.1 Å². The predicted octanol–water partition coefficient (Wildman–Crippen LogP) is 4.19. The number of rotatable bonds is 6. The molecule has 0 N–H and O–H groups in total. The van der Waals surface area contributed by atoms with Crippen LogP contribution in [0, 0.1) is 0 Å². The monoisotopic (exact) mass is 419 g/mol. The lowest BCUT2D eigenvalue weighted by Crippen LogP contribution is -2.29. The molecule has 0 bridgehead atoms. The average Bonchev–Trinajstić information content (AvgIpc) is 2.97. The molecule has 1 aliphatic rings. The number of Topliss-reactive ketones (excluding diaryl/α,β-unsaturated/α-hetero) is 1. The molecule has 6 nitrogen and oxygen atoms in total. The summed E-state index contributed by atoms with van der Waals surface area (Å²) in [5.41, 5.74) is 1.97. The number of ether oxygens (including phenoxy) is 1. The van der Waals surface area contributed by atoms with Crippen molar-refractivity contribution in [2.75, 3.05) is 6.54 Å². The van der Waals surface area contributed by atoms with E-state index in [-0.39, 0.29) is 34.4 Å². The number of amides is 2. The molecule has 1 aliphatic heterocycles. The summed E-state index contributed by atoms with van der Waals surface area (Å²) in [6.45, 7) is 11.4. The van der Waals surface area contributed by atoms with Crippen LogP contribution in [0.4, 0.5) is 0 Å². The quantitative estimate of drug-likeness (QED) is 0.303. The Kier molecular flexibility index (Phi) is 5.93. The van der Waals surface area contributed by atoms with Gasteiger partial charge in [-0.3, -0.25) is 19.3 Å². The van der Waals surface area contributed by atoms with Crippen LogP contribution in [-0.2, 0) is 10.2 Å². The molecule has 0 aromatic heterocycles. The molecule has 31 heavy (non-hydrogen) atoms. The highest BCUT2D eigenvalue weighted by molar-refractivity contribution is 6.22. The summed E-state index contributed by atoms with van der Waals surface area (Å²) in [6.07, 6.45) is 0.453. The fourth-order valence-electron chi connectivity index (χ4n) is 3.36. The van der Waals surface area contributed by atoms with Crippen LogP contribution in [0.2, 0.25) is 0 Å². The Morgan fingerprint density at radius 1 is 1.00 bits per heavy atom. The first-order valence-electron chi connectivity index (χ1n) is 10.0. The van der Waals surface area contributed by atoms with Gasteiger partial charge in [0.05, 0.1) is 16.7 Å². The SMILES string of the molecule is C=CCN1C(=O)c2ccc(C(=O)O[C@@H](C)C(=O)c3ccc(C(C)(C)C)cc3)cc2C1=O. The highest BCUT2D eigenvalue weighted by Gasteiger charge is 2.35. The molecule has 2 aromatic rings. The fraction of sp³-hybridized carbons (Fsp3) is 0.280. The number of nitrogens with zero attached hydrogens (tertiary/aromatic N) is 1. The van der Waals surface area contributed by atoms with Gasteiger partial charge in [-0.25, -0.2) is 4.79 Å². The summed E-state index contributed by atoms with van der Waals surface area (Å²) >= 11 is 0. The summed E-state index contributed by atoms with van der Waals surface area (Å²) in [6, 6.07) is 11.4. The predicted molar refractivity (Wildman–Crippen MR) is 116 cm³/mol. The zero-order chi connectivity index (χ0) is 22.9. The first-order valence-corrected chi connectivity index (χ1v) is 10.0. The average molecular weight is 419 g/mol. The van der Waals surface area contributed by atoms with Crippen LogP contribution in [0.5, 0.6) is 0 Å². The van der Waals surface area contributed by atoms with Crippen LogP contribution in [0.3, 0.4) is 0 Å². The standard InChI is InChI=1S/C25H25NO5/c1-6-13-26-22(28)19-12-9-17(14-20(19)23(26)29)24(30)31-15(2)21(27)16-7-10-18(11-8-16)25(3,4)5/h6-12,14-15H,1,13H2,2-5H3/t15-/m0/s1. The van der Waals surface area contributed by atoms with E-state index in [0.29, 0.717) is 5.56 Å². The van der Waals surface area contributed by atoms with Crippen LogP contribution >= 0.6 is 0 Å². The molecule has 0 spiro atoms. The second-order valence-corrected chi connectivity index (χ2v) is 8.51. The Morgan fingerprint density at radius 2 is 1.58 bits per heavy atom. The molecular formula is C25H25NO5. The van der Waals surface area contributed by atoms with E-state index < -0.39 is 23.9 Å². The van der Waals surface area contributed by atoms with E-state index in [2.05, 4.69) is 27.4 Å². The zero-order valence-corrected chi connectivity index (χ0v) is 18.1. The molecule has 0 unspecified atom stereocenters. The molecule has 2 amide bonds. The molecule has 0 saturated heterocycles. The molecule has 0 aliphatic carbocycles. The first-order chi connectivity index (χ1) is 14.5. The maximum atomic E-state index is 12.7. The molecule has 0 radical (unpaired) electrons. The molecule has 0 fully saturated rings. The molecule has 6 heteroatoms. The molecule has 3 rings (SSSR count). The highest BCUT2D eigenvalue weighted by Crippen LogP contribution is 2.25. The number of fused-ring (bicyclic) bond motifs is 1. The van der Waals surface area contributed by atoms with E-state index in [1.54, 1.807) is 12.1 Å². The molecular weight excluding hydrogens is 394 g/mol. The minimum Gasteiger partial charge on any atom is -0.451 e. The number of carbonyl (C=O) groups is 4. The maximum Gasteiger partial charge on any atom is 0.338 e. The lowest BCUT2D eigenvalue weighted by atomic mass is 9.86. The number of carbonyl (C=O) groups excluding carboxylic acids is 4. The van der Waals surface area contributed by atoms with Gasteiger partial charge in [-0.2, -0.15) is 0 Å². The van der Waals surface area contributed by atoms with Crippen molar-refractivity contribution < 1.29 is 23.9 Å². The smallest absolute Gasteiger partial charge is 0.338 e. The Bertz CT molecular complexity index is 1080. The Hall–Kier alpha value is -3.54. The van der Waals surface area contributed by atoms with Crippen molar-refractivity contribution in [3.05, 3.63) is 82.9 Å². The third kappa shape index (κ3) is 4.33. The van der Waals surface area contributed by atoms with Gasteiger partial charge in [-0.15, -0.1) is 6.58 Å². The van der Waals surface area contributed by atoms with Crippen LogP contribution < -0.4 is 0 Å². The molecule has 160 valence electrons. The summed E-state index contributed by atoms with van der Waals surface area (Å²) < 4.78 is 5.33. The van der Waals surface area contributed by atoms with Crippen LogP contribution in [0.25, 0.3) is 0 Å². The second kappa shape index (κ2) is 8.30. The maximum absolute atomic E-state index is 12.7.